The highest BCUT2D eigenvalue weighted by Gasteiger charge is 2.13. The predicted octanol–water partition coefficient (Wildman–Crippen LogP) is 5.86. The van der Waals surface area contributed by atoms with E-state index in [1.165, 1.54) is 0 Å². The minimum absolute atomic E-state index is 0. The zero-order valence-corrected chi connectivity index (χ0v) is 10.3. The molecule has 0 aliphatic rings. The standard InChI is InChI=1S/C14H14N2O2.3CH4/c1-10-3-6-12(7-4-10)15-13-8-5-11(2)9-14(13)16(17)18;;;/h3-9,15H,1-2H3;3*1H4. The van der Waals surface area contributed by atoms with Gasteiger partial charge in [-0.1, -0.05) is 46.0 Å². The Kier molecular flexibility index (Phi) is 8.72. The molecule has 4 heteroatoms. The van der Waals surface area contributed by atoms with Crippen molar-refractivity contribution in [2.75, 3.05) is 5.32 Å². The first-order valence-electron chi connectivity index (χ1n) is 5.65. The summed E-state index contributed by atoms with van der Waals surface area (Å²) in [6.07, 6.45) is 0. The van der Waals surface area contributed by atoms with Gasteiger partial charge in [-0.3, -0.25) is 10.1 Å². The Balaban J connectivity index is 0. The van der Waals surface area contributed by atoms with Gasteiger partial charge in [-0.05, 0) is 37.6 Å². The molecule has 0 saturated heterocycles. The average Bonchev–Trinajstić information content (AvgIpc) is 2.34. The number of anilines is 2. The van der Waals surface area contributed by atoms with E-state index in [0.29, 0.717) is 5.69 Å². The van der Waals surface area contributed by atoms with Crippen LogP contribution in [0.1, 0.15) is 33.4 Å². The lowest BCUT2D eigenvalue weighted by Gasteiger charge is -2.08. The van der Waals surface area contributed by atoms with Gasteiger partial charge in [-0.15, -0.1) is 0 Å². The molecule has 4 nitrogen and oxygen atoms in total. The van der Waals surface area contributed by atoms with Crippen LogP contribution < -0.4 is 5.32 Å². The number of rotatable bonds is 3. The van der Waals surface area contributed by atoms with Crippen molar-refractivity contribution < 1.29 is 4.92 Å². The molecule has 116 valence electrons. The van der Waals surface area contributed by atoms with Crippen LogP contribution in [-0.4, -0.2) is 4.92 Å². The Morgan fingerprint density at radius 2 is 1.43 bits per heavy atom. The van der Waals surface area contributed by atoms with E-state index < -0.39 is 0 Å². The highest BCUT2D eigenvalue weighted by atomic mass is 16.6. The van der Waals surface area contributed by atoms with Crippen molar-refractivity contribution >= 4 is 17.1 Å². The van der Waals surface area contributed by atoms with Crippen LogP contribution >= 0.6 is 0 Å². The maximum atomic E-state index is 11.0. The third-order valence-corrected chi connectivity index (χ3v) is 2.68. The molecule has 1 N–H and O–H groups in total. The monoisotopic (exact) mass is 290 g/mol. The quantitative estimate of drug-likeness (QED) is 0.568. The summed E-state index contributed by atoms with van der Waals surface area (Å²) in [7, 11) is 0. The van der Waals surface area contributed by atoms with Crippen LogP contribution in [-0.2, 0) is 0 Å². The van der Waals surface area contributed by atoms with Crippen molar-refractivity contribution in [1.29, 1.82) is 0 Å². The Morgan fingerprint density at radius 3 is 1.95 bits per heavy atom. The molecule has 0 radical (unpaired) electrons. The minimum atomic E-state index is -0.372. The molecule has 0 amide bonds. The van der Waals surface area contributed by atoms with Crippen LogP contribution in [0, 0.1) is 24.0 Å². The van der Waals surface area contributed by atoms with E-state index in [2.05, 4.69) is 5.32 Å². The molecule has 21 heavy (non-hydrogen) atoms. The molecule has 0 heterocycles. The molecule has 0 fully saturated rings. The van der Waals surface area contributed by atoms with Crippen LogP contribution in [0.5, 0.6) is 0 Å². The Labute approximate surface area is 128 Å². The largest absolute Gasteiger partial charge is 0.350 e. The summed E-state index contributed by atoms with van der Waals surface area (Å²) in [6, 6.07) is 12.9. The third-order valence-electron chi connectivity index (χ3n) is 2.68. The first-order valence-corrected chi connectivity index (χ1v) is 5.65. The zero-order valence-electron chi connectivity index (χ0n) is 10.3. The maximum absolute atomic E-state index is 11.0. The van der Waals surface area contributed by atoms with Crippen LogP contribution in [0.25, 0.3) is 0 Å². The summed E-state index contributed by atoms with van der Waals surface area (Å²) in [6.45, 7) is 3.83. The predicted molar refractivity (Wildman–Crippen MR) is 92.5 cm³/mol. The van der Waals surface area contributed by atoms with Gasteiger partial charge in [0.25, 0.3) is 5.69 Å². The second-order valence-corrected chi connectivity index (χ2v) is 4.27. The van der Waals surface area contributed by atoms with E-state index in [9.17, 15) is 10.1 Å². The average molecular weight is 290 g/mol. The fourth-order valence-corrected chi connectivity index (χ4v) is 1.69. The lowest BCUT2D eigenvalue weighted by molar-refractivity contribution is -0.384. The van der Waals surface area contributed by atoms with Gasteiger partial charge in [0, 0.05) is 11.8 Å². The maximum Gasteiger partial charge on any atom is 0.292 e. The van der Waals surface area contributed by atoms with Gasteiger partial charge in [-0.25, -0.2) is 0 Å². The Bertz CT molecular complexity index is 578. The number of nitrogens with zero attached hydrogens (tertiary/aromatic N) is 1. The normalized spacial score (nSPS) is 8.67. The van der Waals surface area contributed by atoms with E-state index >= 15 is 0 Å². The molecule has 0 aliphatic carbocycles. The summed E-state index contributed by atoms with van der Waals surface area (Å²) in [4.78, 5) is 10.6. The van der Waals surface area contributed by atoms with E-state index in [0.717, 1.165) is 16.8 Å². The van der Waals surface area contributed by atoms with Crippen LogP contribution in [0.15, 0.2) is 42.5 Å². The smallest absolute Gasteiger partial charge is 0.292 e. The number of nitrogens with one attached hydrogen (secondary N) is 1. The van der Waals surface area contributed by atoms with Gasteiger partial charge < -0.3 is 5.32 Å². The second-order valence-electron chi connectivity index (χ2n) is 4.27. The number of hydrogen-bond acceptors (Lipinski definition) is 3. The number of benzene rings is 2. The van der Waals surface area contributed by atoms with E-state index in [-0.39, 0.29) is 32.9 Å². The zero-order chi connectivity index (χ0) is 13.1. The molecule has 0 aliphatic heterocycles. The number of nitro benzene ring substituents is 1. The number of nitro groups is 1. The van der Waals surface area contributed by atoms with E-state index in [1.54, 1.807) is 12.1 Å². The van der Waals surface area contributed by atoms with Crippen molar-refractivity contribution in [3.63, 3.8) is 0 Å². The van der Waals surface area contributed by atoms with Crippen molar-refractivity contribution in [3.05, 3.63) is 63.7 Å². The molecular formula is C17H26N2O2. The van der Waals surface area contributed by atoms with E-state index in [4.69, 9.17) is 0 Å². The van der Waals surface area contributed by atoms with Gasteiger partial charge in [0.15, 0.2) is 0 Å². The van der Waals surface area contributed by atoms with Gasteiger partial charge >= 0.3 is 0 Å². The van der Waals surface area contributed by atoms with Crippen LogP contribution in [0.4, 0.5) is 17.1 Å². The fourth-order valence-electron chi connectivity index (χ4n) is 1.69. The molecular weight excluding hydrogens is 264 g/mol. The van der Waals surface area contributed by atoms with Gasteiger partial charge in [0.2, 0.25) is 0 Å². The summed E-state index contributed by atoms with van der Waals surface area (Å²) in [5.41, 5.74) is 3.47. The Hall–Kier alpha value is -2.36. The molecule has 0 saturated carbocycles. The number of aryl methyl sites for hydroxylation is 2. The minimum Gasteiger partial charge on any atom is -0.350 e. The van der Waals surface area contributed by atoms with Crippen molar-refractivity contribution in [1.82, 2.24) is 0 Å². The van der Waals surface area contributed by atoms with Crippen molar-refractivity contribution in [2.45, 2.75) is 36.1 Å². The molecule has 2 aromatic rings. The van der Waals surface area contributed by atoms with Crippen LogP contribution in [0.2, 0.25) is 0 Å². The number of hydrogen-bond donors (Lipinski definition) is 1. The molecule has 0 bridgehead atoms. The molecule has 0 unspecified atom stereocenters. The Morgan fingerprint density at radius 1 is 0.905 bits per heavy atom. The molecule has 0 aromatic heterocycles. The highest BCUT2D eigenvalue weighted by molar-refractivity contribution is 5.70. The lowest BCUT2D eigenvalue weighted by Crippen LogP contribution is -1.97. The van der Waals surface area contributed by atoms with Crippen LogP contribution in [0.3, 0.4) is 0 Å². The van der Waals surface area contributed by atoms with Gasteiger partial charge in [-0.2, -0.15) is 0 Å². The summed E-state index contributed by atoms with van der Waals surface area (Å²) in [5, 5.41) is 14.1. The fraction of sp³-hybridized carbons (Fsp3) is 0.294. The third kappa shape index (κ3) is 5.26. The molecule has 2 rings (SSSR count). The topological polar surface area (TPSA) is 55.2 Å². The molecule has 0 spiro atoms. The summed E-state index contributed by atoms with van der Waals surface area (Å²) in [5.74, 6) is 0. The summed E-state index contributed by atoms with van der Waals surface area (Å²) >= 11 is 0. The highest BCUT2D eigenvalue weighted by Crippen LogP contribution is 2.28. The summed E-state index contributed by atoms with van der Waals surface area (Å²) < 4.78 is 0. The lowest BCUT2D eigenvalue weighted by atomic mass is 10.1. The van der Waals surface area contributed by atoms with Crippen molar-refractivity contribution in [2.24, 2.45) is 0 Å². The first-order chi connectivity index (χ1) is 8.56. The van der Waals surface area contributed by atoms with Gasteiger partial charge in [0.1, 0.15) is 5.69 Å². The second kappa shape index (κ2) is 8.74. The molecule has 0 atom stereocenters. The SMILES string of the molecule is C.C.C.Cc1ccc(Nc2ccc(C)cc2[N+](=O)[O-])cc1. The molecule has 2 aromatic carbocycles. The van der Waals surface area contributed by atoms with Crippen molar-refractivity contribution in [3.8, 4) is 0 Å². The van der Waals surface area contributed by atoms with Gasteiger partial charge in [0.05, 0.1) is 4.92 Å². The van der Waals surface area contributed by atoms with E-state index in [1.807, 2.05) is 44.2 Å². The first kappa shape index (κ1) is 20.9.